The molecule has 1 aromatic rings. The van der Waals surface area contributed by atoms with Crippen molar-refractivity contribution in [2.24, 2.45) is 0 Å². The lowest BCUT2D eigenvalue weighted by molar-refractivity contribution is -0.119. The van der Waals surface area contributed by atoms with Crippen LogP contribution < -0.4 is 10.6 Å². The van der Waals surface area contributed by atoms with Gasteiger partial charge in [0.25, 0.3) is 0 Å². The first kappa shape index (κ1) is 15.5. The summed E-state index contributed by atoms with van der Waals surface area (Å²) in [5.74, 6) is 0.0538. The van der Waals surface area contributed by atoms with E-state index in [1.54, 1.807) is 6.92 Å². The number of carbonyl (C=O) groups is 2. The highest BCUT2D eigenvalue weighted by atomic mass is 32.2. The van der Waals surface area contributed by atoms with Gasteiger partial charge in [0.2, 0.25) is 5.91 Å². The van der Waals surface area contributed by atoms with Gasteiger partial charge in [-0.1, -0.05) is 30.3 Å². The number of hydrogen-bond acceptors (Lipinski definition) is 4. The highest BCUT2D eigenvalue weighted by Crippen LogP contribution is 2.28. The average Bonchev–Trinajstić information content (AvgIpc) is 2.40. The van der Waals surface area contributed by atoms with Crippen molar-refractivity contribution in [1.82, 2.24) is 10.6 Å². The normalized spacial score (nSPS) is 11.7. The Morgan fingerprint density at radius 1 is 1.32 bits per heavy atom. The maximum Gasteiger partial charge on any atom is 0.321 e. The van der Waals surface area contributed by atoms with Crippen LogP contribution in [0.15, 0.2) is 30.3 Å². The molecule has 1 aromatic carbocycles. The summed E-state index contributed by atoms with van der Waals surface area (Å²) in [4.78, 5) is 23.4. The molecule has 1 rings (SSSR count). The van der Waals surface area contributed by atoms with Crippen molar-refractivity contribution < 1.29 is 14.7 Å². The molecule has 0 aromatic heterocycles. The maximum absolute atomic E-state index is 12.1. The molecule has 0 saturated heterocycles. The Labute approximate surface area is 116 Å². The second kappa shape index (κ2) is 8.55. The van der Waals surface area contributed by atoms with Crippen LogP contribution in [-0.2, 0) is 4.79 Å². The van der Waals surface area contributed by atoms with Crippen molar-refractivity contribution in [3.05, 3.63) is 35.9 Å². The smallest absolute Gasteiger partial charge is 0.321 e. The van der Waals surface area contributed by atoms with Crippen LogP contribution in [0.1, 0.15) is 17.7 Å². The van der Waals surface area contributed by atoms with Crippen molar-refractivity contribution in [2.45, 2.75) is 12.2 Å². The number of thioether (sulfide) groups is 1. The number of rotatable bonds is 6. The first-order chi connectivity index (χ1) is 9.19. The minimum absolute atomic E-state index is 0.0115. The summed E-state index contributed by atoms with van der Waals surface area (Å²) in [6.07, 6.45) is 0. The topological polar surface area (TPSA) is 78.4 Å². The second-order valence-corrected chi connectivity index (χ2v) is 4.95. The average molecular weight is 282 g/mol. The molecule has 3 N–H and O–H groups in total. The van der Waals surface area contributed by atoms with Crippen molar-refractivity contribution in [1.29, 1.82) is 0 Å². The summed E-state index contributed by atoms with van der Waals surface area (Å²) >= 11 is 1.30. The van der Waals surface area contributed by atoms with Gasteiger partial charge in [0, 0.05) is 12.3 Å². The minimum Gasteiger partial charge on any atom is -0.396 e. The van der Waals surface area contributed by atoms with Crippen LogP contribution in [0.25, 0.3) is 0 Å². The van der Waals surface area contributed by atoms with E-state index in [1.807, 2.05) is 30.3 Å². The lowest BCUT2D eigenvalue weighted by Gasteiger charge is -2.16. The van der Waals surface area contributed by atoms with Gasteiger partial charge in [0.1, 0.15) is 5.25 Å². The molecule has 1 atom stereocenters. The van der Waals surface area contributed by atoms with E-state index in [1.165, 1.54) is 11.8 Å². The Hall–Kier alpha value is -1.53. The van der Waals surface area contributed by atoms with E-state index in [9.17, 15) is 9.59 Å². The van der Waals surface area contributed by atoms with Gasteiger partial charge in [-0.2, -0.15) is 0 Å². The number of nitrogens with one attached hydrogen (secondary N) is 2. The standard InChI is InChI=1S/C13H18N2O3S/c1-2-14-13(18)15-12(17)11(19-9-8-16)10-6-4-3-5-7-10/h3-7,11,16H,2,8-9H2,1H3,(H2,14,15,17,18)/t11-/m1/s1. The Morgan fingerprint density at radius 2 is 2.00 bits per heavy atom. The van der Waals surface area contributed by atoms with Crippen molar-refractivity contribution >= 4 is 23.7 Å². The molecule has 0 fully saturated rings. The van der Waals surface area contributed by atoms with E-state index in [4.69, 9.17) is 5.11 Å². The lowest BCUT2D eigenvalue weighted by atomic mass is 10.1. The molecule has 19 heavy (non-hydrogen) atoms. The van der Waals surface area contributed by atoms with E-state index in [0.29, 0.717) is 12.3 Å². The SMILES string of the molecule is CCNC(=O)NC(=O)[C@H](SCCO)c1ccccc1. The van der Waals surface area contributed by atoms with Gasteiger partial charge in [-0.05, 0) is 12.5 Å². The Balaban J connectivity index is 2.73. The van der Waals surface area contributed by atoms with Gasteiger partial charge in [0.15, 0.2) is 0 Å². The Morgan fingerprint density at radius 3 is 2.58 bits per heavy atom. The zero-order valence-corrected chi connectivity index (χ0v) is 11.6. The third-order valence-electron chi connectivity index (χ3n) is 2.29. The summed E-state index contributed by atoms with van der Waals surface area (Å²) in [5, 5.41) is 13.2. The van der Waals surface area contributed by atoms with Gasteiger partial charge in [-0.15, -0.1) is 11.8 Å². The molecule has 0 bridgehead atoms. The molecule has 0 saturated carbocycles. The van der Waals surface area contributed by atoms with Gasteiger partial charge in [0.05, 0.1) is 6.61 Å². The molecule has 104 valence electrons. The lowest BCUT2D eigenvalue weighted by Crippen LogP contribution is -2.41. The molecule has 0 aliphatic heterocycles. The zero-order valence-electron chi connectivity index (χ0n) is 10.8. The second-order valence-electron chi connectivity index (χ2n) is 3.73. The van der Waals surface area contributed by atoms with Crippen LogP contribution in [0.2, 0.25) is 0 Å². The molecule has 0 radical (unpaired) electrons. The number of benzene rings is 1. The molecular formula is C13H18N2O3S. The van der Waals surface area contributed by atoms with E-state index < -0.39 is 11.3 Å². The van der Waals surface area contributed by atoms with Crippen LogP contribution in [-0.4, -0.2) is 35.9 Å². The predicted molar refractivity (Wildman–Crippen MR) is 75.9 cm³/mol. The molecule has 0 spiro atoms. The summed E-state index contributed by atoms with van der Waals surface area (Å²) < 4.78 is 0. The van der Waals surface area contributed by atoms with Crippen molar-refractivity contribution in [2.75, 3.05) is 18.9 Å². The monoisotopic (exact) mass is 282 g/mol. The van der Waals surface area contributed by atoms with Crippen molar-refractivity contribution in [3.63, 3.8) is 0 Å². The largest absolute Gasteiger partial charge is 0.396 e. The summed E-state index contributed by atoms with van der Waals surface area (Å²) in [6.45, 7) is 2.22. The van der Waals surface area contributed by atoms with Crippen LogP contribution >= 0.6 is 11.8 Å². The number of aliphatic hydroxyl groups is 1. The number of carbonyl (C=O) groups excluding carboxylic acids is 2. The number of imide groups is 1. The van der Waals surface area contributed by atoms with Gasteiger partial charge < -0.3 is 10.4 Å². The number of urea groups is 1. The summed E-state index contributed by atoms with van der Waals surface area (Å²) in [5.41, 5.74) is 0.808. The molecule has 6 heteroatoms. The van der Waals surface area contributed by atoms with Crippen LogP contribution in [0.5, 0.6) is 0 Å². The highest BCUT2D eigenvalue weighted by molar-refractivity contribution is 8.00. The summed E-state index contributed by atoms with van der Waals surface area (Å²) in [6, 6.07) is 8.68. The third-order valence-corrected chi connectivity index (χ3v) is 3.53. The predicted octanol–water partition coefficient (Wildman–Crippen LogP) is 1.30. The first-order valence-electron chi connectivity index (χ1n) is 6.05. The van der Waals surface area contributed by atoms with Gasteiger partial charge >= 0.3 is 6.03 Å². The van der Waals surface area contributed by atoms with E-state index >= 15 is 0 Å². The van der Waals surface area contributed by atoms with Crippen LogP contribution in [0, 0.1) is 0 Å². The van der Waals surface area contributed by atoms with Crippen LogP contribution in [0.3, 0.4) is 0 Å². The summed E-state index contributed by atoms with van der Waals surface area (Å²) in [7, 11) is 0. The zero-order chi connectivity index (χ0) is 14.1. The Kier molecular flexibility index (Phi) is 6.99. The Bertz CT molecular complexity index is 412. The number of amides is 3. The van der Waals surface area contributed by atoms with E-state index in [-0.39, 0.29) is 12.5 Å². The van der Waals surface area contributed by atoms with E-state index in [2.05, 4.69) is 10.6 Å². The molecule has 3 amide bonds. The number of aliphatic hydroxyl groups excluding tert-OH is 1. The first-order valence-corrected chi connectivity index (χ1v) is 7.10. The maximum atomic E-state index is 12.1. The van der Waals surface area contributed by atoms with Gasteiger partial charge in [-0.25, -0.2) is 4.79 Å². The molecule has 0 aliphatic rings. The fourth-order valence-corrected chi connectivity index (χ4v) is 2.40. The molecule has 0 unspecified atom stereocenters. The molecule has 0 aliphatic carbocycles. The quantitative estimate of drug-likeness (QED) is 0.735. The minimum atomic E-state index is -0.504. The fourth-order valence-electron chi connectivity index (χ4n) is 1.50. The molecule has 0 heterocycles. The molecule has 5 nitrogen and oxygen atoms in total. The van der Waals surface area contributed by atoms with Crippen molar-refractivity contribution in [3.8, 4) is 0 Å². The van der Waals surface area contributed by atoms with E-state index in [0.717, 1.165) is 5.56 Å². The highest BCUT2D eigenvalue weighted by Gasteiger charge is 2.22. The molecular weight excluding hydrogens is 264 g/mol. The number of hydrogen-bond donors (Lipinski definition) is 3. The third kappa shape index (κ3) is 5.32. The van der Waals surface area contributed by atoms with Crippen LogP contribution in [0.4, 0.5) is 4.79 Å². The van der Waals surface area contributed by atoms with Gasteiger partial charge in [-0.3, -0.25) is 10.1 Å². The fraction of sp³-hybridized carbons (Fsp3) is 0.385.